The molecule has 0 radical (unpaired) electrons. The van der Waals surface area contributed by atoms with E-state index in [1.54, 1.807) is 7.11 Å². The second kappa shape index (κ2) is 5.49. The van der Waals surface area contributed by atoms with Crippen molar-refractivity contribution in [2.45, 2.75) is 20.3 Å². The largest absolute Gasteiger partial charge is 0.497 e. The van der Waals surface area contributed by atoms with Crippen LogP contribution in [0.4, 0.5) is 11.4 Å². The number of nitrogens with two attached hydrogens (primary N) is 1. The van der Waals surface area contributed by atoms with Crippen LogP contribution in [0.5, 0.6) is 5.75 Å². The minimum absolute atomic E-state index is 0.811. The molecule has 2 N–H and O–H groups in total. The van der Waals surface area contributed by atoms with Crippen LogP contribution >= 0.6 is 0 Å². The van der Waals surface area contributed by atoms with Crippen molar-refractivity contribution in [3.63, 3.8) is 0 Å². The van der Waals surface area contributed by atoms with E-state index in [-0.39, 0.29) is 0 Å². The van der Waals surface area contributed by atoms with Crippen molar-refractivity contribution < 1.29 is 4.74 Å². The smallest absolute Gasteiger partial charge is 0.121 e. The van der Waals surface area contributed by atoms with Gasteiger partial charge in [-0.05, 0) is 25.5 Å². The molecule has 0 amide bonds. The molecule has 0 bridgehead atoms. The Labute approximate surface area is 91.8 Å². The molecule has 0 aromatic heterocycles. The Balaban J connectivity index is 2.98. The van der Waals surface area contributed by atoms with E-state index < -0.39 is 0 Å². The summed E-state index contributed by atoms with van der Waals surface area (Å²) in [5, 5.41) is 0. The van der Waals surface area contributed by atoms with Gasteiger partial charge in [0.05, 0.1) is 18.5 Å². The summed E-state index contributed by atoms with van der Waals surface area (Å²) in [5.74, 6) is 0.855. The van der Waals surface area contributed by atoms with Gasteiger partial charge in [-0.25, -0.2) is 0 Å². The maximum atomic E-state index is 5.95. The molecule has 0 unspecified atom stereocenters. The summed E-state index contributed by atoms with van der Waals surface area (Å²) in [6.45, 7) is 6.28. The van der Waals surface area contributed by atoms with E-state index in [1.807, 2.05) is 18.2 Å². The van der Waals surface area contributed by atoms with Crippen LogP contribution in [-0.2, 0) is 0 Å². The summed E-state index contributed by atoms with van der Waals surface area (Å²) < 4.78 is 5.20. The Morgan fingerprint density at radius 2 is 2.07 bits per heavy atom. The quantitative estimate of drug-likeness (QED) is 0.756. The summed E-state index contributed by atoms with van der Waals surface area (Å²) in [6, 6.07) is 5.78. The van der Waals surface area contributed by atoms with Gasteiger partial charge in [-0.3, -0.25) is 0 Å². The summed E-state index contributed by atoms with van der Waals surface area (Å²) in [5.41, 5.74) is 7.83. The first-order valence-corrected chi connectivity index (χ1v) is 5.41. The van der Waals surface area contributed by atoms with Crippen molar-refractivity contribution in [1.29, 1.82) is 0 Å². The molecular formula is C12H20N2O. The summed E-state index contributed by atoms with van der Waals surface area (Å²) >= 11 is 0. The van der Waals surface area contributed by atoms with Gasteiger partial charge in [0.15, 0.2) is 0 Å². The zero-order valence-electron chi connectivity index (χ0n) is 9.79. The van der Waals surface area contributed by atoms with Gasteiger partial charge in [0, 0.05) is 19.2 Å². The predicted octanol–water partition coefficient (Wildman–Crippen LogP) is 2.51. The highest BCUT2D eigenvalue weighted by Gasteiger charge is 2.08. The van der Waals surface area contributed by atoms with Crippen molar-refractivity contribution in [3.05, 3.63) is 18.2 Å². The second-order valence-electron chi connectivity index (χ2n) is 3.50. The van der Waals surface area contributed by atoms with E-state index in [9.17, 15) is 0 Å². The molecule has 0 spiro atoms. The van der Waals surface area contributed by atoms with Crippen LogP contribution in [-0.4, -0.2) is 20.2 Å². The van der Waals surface area contributed by atoms with Crippen LogP contribution in [0.15, 0.2) is 18.2 Å². The molecule has 1 aromatic carbocycles. The molecular weight excluding hydrogens is 188 g/mol. The highest BCUT2D eigenvalue weighted by Crippen LogP contribution is 2.28. The van der Waals surface area contributed by atoms with Crippen LogP contribution in [0.3, 0.4) is 0 Å². The Hall–Kier alpha value is -1.38. The lowest BCUT2D eigenvalue weighted by molar-refractivity contribution is 0.415. The number of rotatable bonds is 5. The fourth-order valence-electron chi connectivity index (χ4n) is 1.64. The molecule has 3 heteroatoms. The number of hydrogen-bond acceptors (Lipinski definition) is 3. The third-order valence-corrected chi connectivity index (χ3v) is 2.45. The van der Waals surface area contributed by atoms with Crippen molar-refractivity contribution in [3.8, 4) is 5.75 Å². The zero-order chi connectivity index (χ0) is 11.3. The molecule has 0 fully saturated rings. The number of anilines is 2. The number of benzene rings is 1. The molecule has 0 saturated carbocycles. The predicted molar refractivity (Wildman–Crippen MR) is 65.6 cm³/mol. The maximum absolute atomic E-state index is 5.95. The summed E-state index contributed by atoms with van der Waals surface area (Å²) in [7, 11) is 1.67. The highest BCUT2D eigenvalue weighted by atomic mass is 16.5. The van der Waals surface area contributed by atoms with E-state index in [0.717, 1.165) is 36.6 Å². The molecule has 0 aliphatic heterocycles. The minimum Gasteiger partial charge on any atom is -0.497 e. The third kappa shape index (κ3) is 2.78. The lowest BCUT2D eigenvalue weighted by Crippen LogP contribution is -2.24. The first-order chi connectivity index (χ1) is 7.22. The fourth-order valence-corrected chi connectivity index (χ4v) is 1.64. The van der Waals surface area contributed by atoms with E-state index in [2.05, 4.69) is 18.7 Å². The Bertz CT molecular complexity index is 312. The second-order valence-corrected chi connectivity index (χ2v) is 3.50. The van der Waals surface area contributed by atoms with Gasteiger partial charge in [-0.2, -0.15) is 0 Å². The van der Waals surface area contributed by atoms with Gasteiger partial charge in [-0.1, -0.05) is 6.92 Å². The van der Waals surface area contributed by atoms with Crippen LogP contribution < -0.4 is 15.4 Å². The molecule has 1 aromatic rings. The van der Waals surface area contributed by atoms with Crippen molar-refractivity contribution in [2.24, 2.45) is 0 Å². The van der Waals surface area contributed by atoms with Gasteiger partial charge in [0.25, 0.3) is 0 Å². The SMILES string of the molecule is CCCN(CC)c1cc(OC)ccc1N. The van der Waals surface area contributed by atoms with Crippen molar-refractivity contribution in [2.75, 3.05) is 30.8 Å². The average Bonchev–Trinajstić information content (AvgIpc) is 2.27. The van der Waals surface area contributed by atoms with Crippen LogP contribution in [0.1, 0.15) is 20.3 Å². The average molecular weight is 208 g/mol. The van der Waals surface area contributed by atoms with E-state index in [1.165, 1.54) is 0 Å². The number of hydrogen-bond donors (Lipinski definition) is 1. The van der Waals surface area contributed by atoms with Crippen molar-refractivity contribution >= 4 is 11.4 Å². The molecule has 0 aliphatic rings. The Kier molecular flexibility index (Phi) is 4.28. The molecule has 0 saturated heterocycles. The first kappa shape index (κ1) is 11.7. The normalized spacial score (nSPS) is 10.1. The lowest BCUT2D eigenvalue weighted by Gasteiger charge is -2.24. The Morgan fingerprint density at radius 3 is 2.60 bits per heavy atom. The zero-order valence-corrected chi connectivity index (χ0v) is 9.79. The van der Waals surface area contributed by atoms with Gasteiger partial charge >= 0.3 is 0 Å². The summed E-state index contributed by atoms with van der Waals surface area (Å²) in [4.78, 5) is 2.26. The van der Waals surface area contributed by atoms with Crippen molar-refractivity contribution in [1.82, 2.24) is 0 Å². The van der Waals surface area contributed by atoms with Gasteiger partial charge in [0.1, 0.15) is 5.75 Å². The standard InChI is InChI=1S/C12H20N2O/c1-4-8-14(5-2)12-9-10(15-3)6-7-11(12)13/h6-7,9H,4-5,8,13H2,1-3H3. The molecule has 84 valence electrons. The van der Waals surface area contributed by atoms with Crippen LogP contribution in [0, 0.1) is 0 Å². The third-order valence-electron chi connectivity index (χ3n) is 2.45. The van der Waals surface area contributed by atoms with Gasteiger partial charge < -0.3 is 15.4 Å². The molecule has 0 aliphatic carbocycles. The lowest BCUT2D eigenvalue weighted by atomic mass is 10.2. The number of ether oxygens (including phenoxy) is 1. The van der Waals surface area contributed by atoms with E-state index >= 15 is 0 Å². The van der Waals surface area contributed by atoms with Gasteiger partial charge in [-0.15, -0.1) is 0 Å². The highest BCUT2D eigenvalue weighted by molar-refractivity contribution is 5.69. The molecule has 15 heavy (non-hydrogen) atoms. The van der Waals surface area contributed by atoms with Gasteiger partial charge in [0.2, 0.25) is 0 Å². The molecule has 0 heterocycles. The maximum Gasteiger partial charge on any atom is 0.121 e. The van der Waals surface area contributed by atoms with E-state index in [4.69, 9.17) is 10.5 Å². The Morgan fingerprint density at radius 1 is 1.33 bits per heavy atom. The minimum atomic E-state index is 0.811. The monoisotopic (exact) mass is 208 g/mol. The number of methoxy groups -OCH3 is 1. The molecule has 1 rings (SSSR count). The number of nitrogen functional groups attached to an aromatic ring is 1. The first-order valence-electron chi connectivity index (χ1n) is 5.41. The van der Waals surface area contributed by atoms with E-state index in [0.29, 0.717) is 0 Å². The van der Waals surface area contributed by atoms with Crippen LogP contribution in [0.25, 0.3) is 0 Å². The summed E-state index contributed by atoms with van der Waals surface area (Å²) in [6.07, 6.45) is 1.12. The van der Waals surface area contributed by atoms with Crippen LogP contribution in [0.2, 0.25) is 0 Å². The molecule has 3 nitrogen and oxygen atoms in total. The topological polar surface area (TPSA) is 38.5 Å². The fraction of sp³-hybridized carbons (Fsp3) is 0.500. The number of nitrogens with zero attached hydrogens (tertiary/aromatic N) is 1. The molecule has 0 atom stereocenters.